The van der Waals surface area contributed by atoms with Crippen molar-refractivity contribution in [3.05, 3.63) is 101 Å². The molecule has 3 aromatic carbocycles. The molecule has 184 valence electrons. The van der Waals surface area contributed by atoms with Gasteiger partial charge in [-0.25, -0.2) is 4.98 Å². The van der Waals surface area contributed by atoms with Crippen molar-refractivity contribution in [3.8, 4) is 5.75 Å². The van der Waals surface area contributed by atoms with Crippen LogP contribution < -0.4 is 10.3 Å². The molecule has 8 heteroatoms. The number of nitrogens with zero attached hydrogens (tertiary/aromatic N) is 3. The summed E-state index contributed by atoms with van der Waals surface area (Å²) in [5, 5.41) is 5.19. The third kappa shape index (κ3) is 5.82. The predicted octanol–water partition coefficient (Wildman–Crippen LogP) is 8.19. The van der Waals surface area contributed by atoms with E-state index in [0.29, 0.717) is 17.5 Å². The summed E-state index contributed by atoms with van der Waals surface area (Å²) in [7, 11) is 0. The molecule has 0 saturated heterocycles. The average Bonchev–Trinajstić information content (AvgIpc) is 2.89. The SMILES string of the molecule is O=c1c2cc(Br)ccc2nc(C2CCCCC2)n1N=Cc1ccc(OCc2ccc(Br)cc2)c(Br)c1. The molecule has 0 radical (unpaired) electrons. The summed E-state index contributed by atoms with van der Waals surface area (Å²) in [6.45, 7) is 0.470. The van der Waals surface area contributed by atoms with E-state index in [2.05, 4.69) is 52.9 Å². The van der Waals surface area contributed by atoms with Crippen LogP contribution in [0.2, 0.25) is 0 Å². The summed E-state index contributed by atoms with van der Waals surface area (Å²) in [6.07, 6.45) is 7.30. The normalized spacial score (nSPS) is 14.5. The number of aromatic nitrogens is 2. The van der Waals surface area contributed by atoms with E-state index in [4.69, 9.17) is 9.72 Å². The minimum Gasteiger partial charge on any atom is -0.488 e. The Bertz CT molecular complexity index is 1480. The molecule has 1 saturated carbocycles. The van der Waals surface area contributed by atoms with Crippen molar-refractivity contribution in [1.82, 2.24) is 9.66 Å². The highest BCUT2D eigenvalue weighted by atomic mass is 79.9. The van der Waals surface area contributed by atoms with Crippen molar-refractivity contribution in [3.63, 3.8) is 0 Å². The van der Waals surface area contributed by atoms with Gasteiger partial charge in [0.25, 0.3) is 5.56 Å². The molecule has 4 aromatic rings. The zero-order valence-electron chi connectivity index (χ0n) is 19.5. The Morgan fingerprint density at radius 2 is 1.69 bits per heavy atom. The molecule has 1 heterocycles. The van der Waals surface area contributed by atoms with Crippen LogP contribution in [0.3, 0.4) is 0 Å². The van der Waals surface area contributed by atoms with Crippen molar-refractivity contribution >= 4 is 64.9 Å². The first-order valence-corrected chi connectivity index (χ1v) is 14.3. The number of ether oxygens (including phenoxy) is 1. The molecule has 1 fully saturated rings. The second-order valence-electron chi connectivity index (χ2n) is 8.93. The quantitative estimate of drug-likeness (QED) is 0.194. The fourth-order valence-corrected chi connectivity index (χ4v) is 5.62. The number of hydrogen-bond acceptors (Lipinski definition) is 4. The van der Waals surface area contributed by atoms with Gasteiger partial charge < -0.3 is 4.74 Å². The van der Waals surface area contributed by atoms with Crippen LogP contribution in [0.5, 0.6) is 5.75 Å². The maximum absolute atomic E-state index is 13.5. The summed E-state index contributed by atoms with van der Waals surface area (Å²) < 4.78 is 10.2. The summed E-state index contributed by atoms with van der Waals surface area (Å²) >= 11 is 10.5. The van der Waals surface area contributed by atoms with E-state index in [9.17, 15) is 4.79 Å². The fourth-order valence-electron chi connectivity index (χ4n) is 4.48. The van der Waals surface area contributed by atoms with Crippen LogP contribution in [0.4, 0.5) is 0 Å². The lowest BCUT2D eigenvalue weighted by Gasteiger charge is -2.22. The topological polar surface area (TPSA) is 56.5 Å². The molecular weight excluding hydrogens is 650 g/mol. The summed E-state index contributed by atoms with van der Waals surface area (Å²) in [5.41, 5.74) is 2.51. The third-order valence-electron chi connectivity index (χ3n) is 6.39. The zero-order chi connectivity index (χ0) is 25.1. The van der Waals surface area contributed by atoms with E-state index < -0.39 is 0 Å². The van der Waals surface area contributed by atoms with E-state index in [1.54, 1.807) is 6.21 Å². The van der Waals surface area contributed by atoms with Gasteiger partial charge in [-0.3, -0.25) is 4.79 Å². The highest BCUT2D eigenvalue weighted by molar-refractivity contribution is 9.11. The summed E-state index contributed by atoms with van der Waals surface area (Å²) in [6, 6.07) is 19.5. The van der Waals surface area contributed by atoms with E-state index in [-0.39, 0.29) is 11.5 Å². The molecule has 0 atom stereocenters. The largest absolute Gasteiger partial charge is 0.488 e. The lowest BCUT2D eigenvalue weighted by Crippen LogP contribution is -2.25. The van der Waals surface area contributed by atoms with Gasteiger partial charge in [-0.05, 0) is 88.4 Å². The fraction of sp³-hybridized carbons (Fsp3) is 0.250. The maximum atomic E-state index is 13.5. The monoisotopic (exact) mass is 671 g/mol. The van der Waals surface area contributed by atoms with Crippen molar-refractivity contribution in [1.29, 1.82) is 0 Å². The molecule has 0 unspecified atom stereocenters. The lowest BCUT2D eigenvalue weighted by atomic mass is 9.88. The van der Waals surface area contributed by atoms with E-state index >= 15 is 0 Å². The second-order valence-corrected chi connectivity index (χ2v) is 11.6. The smallest absolute Gasteiger partial charge is 0.282 e. The van der Waals surface area contributed by atoms with Crippen molar-refractivity contribution in [2.24, 2.45) is 5.10 Å². The minimum absolute atomic E-state index is 0.147. The Morgan fingerprint density at radius 3 is 2.44 bits per heavy atom. The lowest BCUT2D eigenvalue weighted by molar-refractivity contribution is 0.304. The molecule has 1 aromatic heterocycles. The zero-order valence-corrected chi connectivity index (χ0v) is 24.2. The Kier molecular flexibility index (Phi) is 8.03. The van der Waals surface area contributed by atoms with Crippen LogP contribution in [0, 0.1) is 0 Å². The van der Waals surface area contributed by atoms with Gasteiger partial charge in [-0.1, -0.05) is 63.3 Å². The molecule has 5 rings (SSSR count). The summed E-state index contributed by atoms with van der Waals surface area (Å²) in [4.78, 5) is 18.4. The number of rotatable bonds is 6. The molecule has 0 N–H and O–H groups in total. The van der Waals surface area contributed by atoms with Gasteiger partial charge in [-0.2, -0.15) is 9.78 Å². The Morgan fingerprint density at radius 1 is 0.944 bits per heavy atom. The van der Waals surface area contributed by atoms with Crippen LogP contribution in [0.1, 0.15) is 55.0 Å². The van der Waals surface area contributed by atoms with Crippen molar-refractivity contribution in [2.75, 3.05) is 0 Å². The first kappa shape index (κ1) is 25.4. The summed E-state index contributed by atoms with van der Waals surface area (Å²) in [5.74, 6) is 1.73. The first-order valence-electron chi connectivity index (χ1n) is 11.9. The van der Waals surface area contributed by atoms with Gasteiger partial charge >= 0.3 is 0 Å². The van der Waals surface area contributed by atoms with Gasteiger partial charge in [0.15, 0.2) is 0 Å². The van der Waals surface area contributed by atoms with Crippen LogP contribution >= 0.6 is 47.8 Å². The molecule has 1 aliphatic rings. The Balaban J connectivity index is 1.43. The van der Waals surface area contributed by atoms with Crippen LogP contribution in [-0.2, 0) is 6.61 Å². The Labute approximate surface area is 235 Å². The third-order valence-corrected chi connectivity index (χ3v) is 8.03. The van der Waals surface area contributed by atoms with Crippen LogP contribution in [-0.4, -0.2) is 15.9 Å². The van der Waals surface area contributed by atoms with Gasteiger partial charge in [0.2, 0.25) is 0 Å². The van der Waals surface area contributed by atoms with Crippen LogP contribution in [0.15, 0.2) is 84.0 Å². The van der Waals surface area contributed by atoms with Gasteiger partial charge in [0.1, 0.15) is 18.2 Å². The van der Waals surface area contributed by atoms with Gasteiger partial charge in [-0.15, -0.1) is 0 Å². The maximum Gasteiger partial charge on any atom is 0.282 e. The molecule has 5 nitrogen and oxygen atoms in total. The minimum atomic E-state index is -0.147. The molecular formula is C28H24Br3N3O2. The van der Waals surface area contributed by atoms with Crippen molar-refractivity contribution in [2.45, 2.75) is 44.6 Å². The number of hydrogen-bond donors (Lipinski definition) is 0. The van der Waals surface area contributed by atoms with Crippen molar-refractivity contribution < 1.29 is 4.74 Å². The number of benzene rings is 3. The van der Waals surface area contributed by atoms with Crippen LogP contribution in [0.25, 0.3) is 10.9 Å². The Hall–Kier alpha value is -2.29. The van der Waals surface area contributed by atoms with Gasteiger partial charge in [0, 0.05) is 14.9 Å². The van der Waals surface area contributed by atoms with E-state index in [0.717, 1.165) is 61.8 Å². The molecule has 36 heavy (non-hydrogen) atoms. The molecule has 0 spiro atoms. The van der Waals surface area contributed by atoms with Gasteiger partial charge in [0.05, 0.1) is 21.6 Å². The first-order chi connectivity index (χ1) is 17.5. The molecule has 0 amide bonds. The molecule has 0 bridgehead atoms. The number of halogens is 3. The highest BCUT2D eigenvalue weighted by Crippen LogP contribution is 2.32. The molecule has 1 aliphatic carbocycles. The predicted molar refractivity (Wildman–Crippen MR) is 155 cm³/mol. The molecule has 0 aliphatic heterocycles. The van der Waals surface area contributed by atoms with E-state index in [1.807, 2.05) is 60.7 Å². The highest BCUT2D eigenvalue weighted by Gasteiger charge is 2.22. The average molecular weight is 674 g/mol. The second kappa shape index (κ2) is 11.4. The van der Waals surface area contributed by atoms with E-state index in [1.165, 1.54) is 11.1 Å². The number of fused-ring (bicyclic) bond motifs is 1. The standard InChI is InChI=1S/C28H24Br3N3O2/c29-21-9-6-18(7-10-21)17-36-26-13-8-19(14-24(26)31)16-32-34-27(20-4-2-1-3-5-20)33-25-12-11-22(30)15-23(25)28(34)35/h6-16,20H,1-5,17H2.